The van der Waals surface area contributed by atoms with Gasteiger partial charge in [0.1, 0.15) is 0 Å². The first-order valence-electron chi connectivity index (χ1n) is 11.9. The summed E-state index contributed by atoms with van der Waals surface area (Å²) in [4.78, 5) is 4.14. The number of aromatic nitrogens is 1. The van der Waals surface area contributed by atoms with Crippen molar-refractivity contribution in [2.24, 2.45) is 40.4 Å². The molecule has 0 amide bonds. The molecule has 30 heavy (non-hydrogen) atoms. The molecule has 2 nitrogen and oxygen atoms in total. The highest BCUT2D eigenvalue weighted by molar-refractivity contribution is 5.72. The monoisotopic (exact) mass is 415 g/mol. The van der Waals surface area contributed by atoms with Gasteiger partial charge in [0.15, 0.2) is 0 Å². The van der Waals surface area contributed by atoms with Crippen LogP contribution in [0.3, 0.4) is 0 Å². The van der Waals surface area contributed by atoms with E-state index in [2.05, 4.69) is 31.8 Å². The number of rotatable bonds is 2. The Bertz CT molecular complexity index is 853. The van der Waals surface area contributed by atoms with Crippen molar-refractivity contribution in [1.29, 1.82) is 0 Å². The van der Waals surface area contributed by atoms with E-state index in [-0.39, 0.29) is 17.1 Å². The highest BCUT2D eigenvalue weighted by Gasteiger charge is 2.59. The molecule has 164 valence electrons. The van der Waals surface area contributed by atoms with Gasteiger partial charge in [0, 0.05) is 18.0 Å². The van der Waals surface area contributed by atoms with Crippen LogP contribution in [0, 0.1) is 40.4 Å². The van der Waals surface area contributed by atoms with Crippen LogP contribution in [0.15, 0.2) is 24.5 Å². The average Bonchev–Trinajstić information content (AvgIpc) is 3.08. The lowest BCUT2D eigenvalue weighted by Gasteiger charge is -2.62. The summed E-state index contributed by atoms with van der Waals surface area (Å²) in [5.74, 6) is 3.06. The molecule has 1 N–H and O–H groups in total. The van der Waals surface area contributed by atoms with Gasteiger partial charge in [-0.05, 0) is 103 Å². The first kappa shape index (κ1) is 20.6. The van der Waals surface area contributed by atoms with Gasteiger partial charge in [-0.3, -0.25) is 4.98 Å². The number of alkyl halides is 2. The number of fused-ring (bicyclic) bond motifs is 5. The van der Waals surface area contributed by atoms with Gasteiger partial charge in [0.25, 0.3) is 6.43 Å². The van der Waals surface area contributed by atoms with E-state index < -0.39 is 6.43 Å². The second kappa shape index (κ2) is 7.12. The number of hydrogen-bond acceptors (Lipinski definition) is 2. The number of nitrogens with zero attached hydrogens (tertiary/aromatic N) is 1. The maximum absolute atomic E-state index is 13.3. The Morgan fingerprint density at radius 2 is 1.83 bits per heavy atom. The van der Waals surface area contributed by atoms with Crippen molar-refractivity contribution in [3.63, 3.8) is 0 Å². The SMILES string of the molecule is C[C@H]1C2CC[C@@H]3[C@H](CC[C@]4(C)C(c5cncc(C(F)F)c5)=CC[C@@H]34)[C@@]2(C)CC[C@@H]1O. The highest BCUT2D eigenvalue weighted by Crippen LogP contribution is 2.68. The Morgan fingerprint density at radius 3 is 2.60 bits per heavy atom. The van der Waals surface area contributed by atoms with Crippen LogP contribution in [0.4, 0.5) is 8.78 Å². The molecule has 0 radical (unpaired) electrons. The fourth-order valence-electron chi connectivity index (χ4n) is 8.45. The van der Waals surface area contributed by atoms with Crippen LogP contribution in [-0.4, -0.2) is 16.2 Å². The molecule has 4 heteroatoms. The molecule has 0 bridgehead atoms. The van der Waals surface area contributed by atoms with Crippen molar-refractivity contribution in [2.75, 3.05) is 0 Å². The van der Waals surface area contributed by atoms with Gasteiger partial charge in [-0.15, -0.1) is 0 Å². The summed E-state index contributed by atoms with van der Waals surface area (Å²) in [5, 5.41) is 10.5. The summed E-state index contributed by atoms with van der Waals surface area (Å²) in [5.41, 5.74) is 2.57. The number of halogens is 2. The molecule has 3 saturated carbocycles. The second-order valence-electron chi connectivity index (χ2n) is 11.1. The molecule has 3 fully saturated rings. The largest absolute Gasteiger partial charge is 0.393 e. The molecular formula is C26H35F2NO. The van der Waals surface area contributed by atoms with Gasteiger partial charge in [-0.25, -0.2) is 8.78 Å². The lowest BCUT2D eigenvalue weighted by atomic mass is 9.43. The molecule has 0 spiro atoms. The van der Waals surface area contributed by atoms with Gasteiger partial charge in [0.05, 0.1) is 6.10 Å². The van der Waals surface area contributed by atoms with Gasteiger partial charge in [-0.2, -0.15) is 0 Å². The molecule has 1 aromatic rings. The molecule has 8 atom stereocenters. The van der Waals surface area contributed by atoms with Crippen LogP contribution in [0.1, 0.15) is 83.3 Å². The molecule has 0 aliphatic heterocycles. The average molecular weight is 416 g/mol. The fraction of sp³-hybridized carbons (Fsp3) is 0.731. The van der Waals surface area contributed by atoms with E-state index in [4.69, 9.17) is 0 Å². The molecule has 0 saturated heterocycles. The zero-order chi connectivity index (χ0) is 21.3. The van der Waals surface area contributed by atoms with Crippen molar-refractivity contribution in [3.05, 3.63) is 35.7 Å². The molecule has 1 aromatic heterocycles. The van der Waals surface area contributed by atoms with E-state index in [0.29, 0.717) is 29.1 Å². The summed E-state index contributed by atoms with van der Waals surface area (Å²) in [6.45, 7) is 7.15. The maximum atomic E-state index is 13.3. The molecule has 1 unspecified atom stereocenters. The van der Waals surface area contributed by atoms with Gasteiger partial charge >= 0.3 is 0 Å². The molecule has 1 heterocycles. The van der Waals surface area contributed by atoms with Crippen LogP contribution in [0.5, 0.6) is 0 Å². The number of aliphatic hydroxyl groups is 1. The Morgan fingerprint density at radius 1 is 1.03 bits per heavy atom. The second-order valence-corrected chi connectivity index (χ2v) is 11.1. The lowest BCUT2D eigenvalue weighted by Crippen LogP contribution is -2.55. The summed E-state index contributed by atoms with van der Waals surface area (Å²) in [6.07, 6.45) is 10.8. The van der Waals surface area contributed by atoms with Crippen LogP contribution in [0.25, 0.3) is 5.57 Å². The fourth-order valence-corrected chi connectivity index (χ4v) is 8.45. The van der Waals surface area contributed by atoms with Crippen LogP contribution in [-0.2, 0) is 0 Å². The zero-order valence-electron chi connectivity index (χ0n) is 18.5. The van der Waals surface area contributed by atoms with Crippen molar-refractivity contribution >= 4 is 5.57 Å². The molecule has 4 aliphatic rings. The Labute approximate surface area is 179 Å². The third-order valence-electron chi connectivity index (χ3n) is 10.1. The van der Waals surface area contributed by atoms with E-state index in [1.165, 1.54) is 31.0 Å². The number of hydrogen-bond donors (Lipinski definition) is 1. The minimum atomic E-state index is -2.47. The predicted octanol–water partition coefficient (Wildman–Crippen LogP) is 6.66. The van der Waals surface area contributed by atoms with E-state index >= 15 is 0 Å². The molecule has 4 aliphatic carbocycles. The molecule has 5 rings (SSSR count). The molecule has 0 aromatic carbocycles. The minimum Gasteiger partial charge on any atom is -0.393 e. The van der Waals surface area contributed by atoms with Gasteiger partial charge < -0.3 is 5.11 Å². The summed E-state index contributed by atoms with van der Waals surface area (Å²) in [7, 11) is 0. The van der Waals surface area contributed by atoms with Crippen molar-refractivity contribution in [1.82, 2.24) is 4.98 Å². The smallest absolute Gasteiger partial charge is 0.265 e. The third kappa shape index (κ3) is 2.85. The van der Waals surface area contributed by atoms with Crippen molar-refractivity contribution < 1.29 is 13.9 Å². The first-order chi connectivity index (χ1) is 14.3. The van der Waals surface area contributed by atoms with Crippen LogP contribution >= 0.6 is 0 Å². The van der Waals surface area contributed by atoms with Crippen molar-refractivity contribution in [3.8, 4) is 0 Å². The quantitative estimate of drug-likeness (QED) is 0.586. The maximum Gasteiger partial charge on any atom is 0.265 e. The zero-order valence-corrected chi connectivity index (χ0v) is 18.5. The van der Waals surface area contributed by atoms with Crippen LogP contribution in [0.2, 0.25) is 0 Å². The number of aliphatic hydroxyl groups excluding tert-OH is 1. The van der Waals surface area contributed by atoms with Crippen LogP contribution < -0.4 is 0 Å². The van der Waals surface area contributed by atoms with Gasteiger partial charge in [-0.1, -0.05) is 26.8 Å². The number of allylic oxidation sites excluding steroid dienone is 2. The van der Waals surface area contributed by atoms with E-state index in [1.807, 2.05) is 0 Å². The lowest BCUT2D eigenvalue weighted by molar-refractivity contribution is -0.138. The first-order valence-corrected chi connectivity index (χ1v) is 11.9. The third-order valence-corrected chi connectivity index (χ3v) is 10.1. The summed E-state index contributed by atoms with van der Waals surface area (Å²) in [6, 6.07) is 1.66. The Kier molecular flexibility index (Phi) is 4.89. The predicted molar refractivity (Wildman–Crippen MR) is 115 cm³/mol. The minimum absolute atomic E-state index is 0.0249. The topological polar surface area (TPSA) is 33.1 Å². The van der Waals surface area contributed by atoms with Crippen molar-refractivity contribution in [2.45, 2.75) is 78.2 Å². The Hall–Kier alpha value is -1.29. The van der Waals surface area contributed by atoms with E-state index in [1.54, 1.807) is 12.3 Å². The highest BCUT2D eigenvalue weighted by atomic mass is 19.3. The Balaban J connectivity index is 1.43. The summed E-state index contributed by atoms with van der Waals surface area (Å²) >= 11 is 0. The normalized spacial score (nSPS) is 45.5. The molecular weight excluding hydrogens is 380 g/mol. The van der Waals surface area contributed by atoms with E-state index in [9.17, 15) is 13.9 Å². The number of pyridine rings is 1. The van der Waals surface area contributed by atoms with Gasteiger partial charge in [0.2, 0.25) is 0 Å². The van der Waals surface area contributed by atoms with E-state index in [0.717, 1.165) is 37.2 Å². The standard InChI is InChI=1S/C26H35F2NO/c1-15-19-5-4-18-21-7-6-20(16-12-17(24(27)28)14-29-13-16)26(21,3)10-8-22(18)25(19,2)11-9-23(15)30/h6,12-15,18-19,21-24,30H,4-5,7-11H2,1-3H3/t15-,18-,19?,21-,22-,23-,25-,26+/m0/s1. The summed E-state index contributed by atoms with van der Waals surface area (Å²) < 4.78 is 26.5.